The maximum absolute atomic E-state index is 12.2. The summed E-state index contributed by atoms with van der Waals surface area (Å²) in [5.74, 6) is 0. The van der Waals surface area contributed by atoms with E-state index in [1.165, 1.54) is 5.56 Å². The summed E-state index contributed by atoms with van der Waals surface area (Å²) in [4.78, 5) is 18.0. The number of halogens is 1. The van der Waals surface area contributed by atoms with Crippen molar-refractivity contribution >= 4 is 28.0 Å². The summed E-state index contributed by atoms with van der Waals surface area (Å²) in [5, 5.41) is 2.82. The van der Waals surface area contributed by atoms with Gasteiger partial charge >= 0.3 is 6.03 Å². The predicted molar refractivity (Wildman–Crippen MR) is 96.9 cm³/mol. The van der Waals surface area contributed by atoms with Gasteiger partial charge in [0.2, 0.25) is 0 Å². The minimum absolute atomic E-state index is 0.0900. The number of nitrogens with zero attached hydrogens (tertiary/aromatic N) is 2. The van der Waals surface area contributed by atoms with Gasteiger partial charge in [-0.05, 0) is 54.8 Å². The Kier molecular flexibility index (Phi) is 6.81. The fraction of sp³-hybridized carbons (Fsp3) is 0.222. The maximum atomic E-state index is 12.2. The quantitative estimate of drug-likeness (QED) is 0.828. The van der Waals surface area contributed by atoms with Gasteiger partial charge in [-0.2, -0.15) is 0 Å². The smallest absolute Gasteiger partial charge is 0.321 e. The molecule has 0 bridgehead atoms. The molecule has 2 amide bonds. The van der Waals surface area contributed by atoms with Crippen molar-refractivity contribution in [1.29, 1.82) is 0 Å². The first-order valence-electron chi connectivity index (χ1n) is 7.55. The minimum atomic E-state index is -0.0900. The van der Waals surface area contributed by atoms with Crippen LogP contribution in [-0.2, 0) is 6.42 Å². The van der Waals surface area contributed by atoms with Crippen molar-refractivity contribution in [1.82, 2.24) is 15.2 Å². The van der Waals surface area contributed by atoms with E-state index in [4.69, 9.17) is 0 Å². The molecule has 0 saturated heterocycles. The zero-order valence-corrected chi connectivity index (χ0v) is 14.7. The van der Waals surface area contributed by atoms with Crippen LogP contribution in [0.3, 0.4) is 0 Å². The van der Waals surface area contributed by atoms with Gasteiger partial charge in [0.05, 0.1) is 0 Å². The number of pyridine rings is 1. The lowest BCUT2D eigenvalue weighted by Crippen LogP contribution is -2.38. The van der Waals surface area contributed by atoms with Gasteiger partial charge in [-0.3, -0.25) is 4.98 Å². The fourth-order valence-electron chi connectivity index (χ4n) is 2.13. The molecule has 0 radical (unpaired) electrons. The maximum Gasteiger partial charge on any atom is 0.321 e. The highest BCUT2D eigenvalue weighted by Gasteiger charge is 2.09. The highest BCUT2D eigenvalue weighted by Crippen LogP contribution is 2.12. The summed E-state index contributed by atoms with van der Waals surface area (Å²) in [6, 6.07) is 11.7. The Hall–Kier alpha value is -2.14. The van der Waals surface area contributed by atoms with E-state index in [1.54, 1.807) is 23.5 Å². The molecule has 4 nitrogen and oxygen atoms in total. The van der Waals surface area contributed by atoms with Crippen molar-refractivity contribution < 1.29 is 4.79 Å². The van der Waals surface area contributed by atoms with Gasteiger partial charge < -0.3 is 10.2 Å². The summed E-state index contributed by atoms with van der Waals surface area (Å²) in [7, 11) is 0. The Balaban J connectivity index is 1.85. The lowest BCUT2D eigenvalue weighted by Gasteiger charge is -2.20. The van der Waals surface area contributed by atoms with Crippen molar-refractivity contribution in [3.05, 3.63) is 70.6 Å². The molecule has 23 heavy (non-hydrogen) atoms. The normalized spacial score (nSPS) is 10.7. The van der Waals surface area contributed by atoms with Gasteiger partial charge in [0.25, 0.3) is 0 Å². The number of benzene rings is 1. The summed E-state index contributed by atoms with van der Waals surface area (Å²) in [6.45, 7) is 3.32. The molecule has 1 aromatic carbocycles. The molecular formula is C18H20BrN3O. The van der Waals surface area contributed by atoms with Crippen LogP contribution in [0.2, 0.25) is 0 Å². The number of aromatic nitrogens is 1. The molecule has 1 N–H and O–H groups in total. The first-order chi connectivity index (χ1) is 11.2. The third-order valence-corrected chi connectivity index (χ3v) is 3.91. The zero-order valence-electron chi connectivity index (χ0n) is 13.1. The van der Waals surface area contributed by atoms with E-state index in [-0.39, 0.29) is 6.03 Å². The second kappa shape index (κ2) is 9.10. The molecule has 0 aliphatic carbocycles. The molecule has 1 heterocycles. The molecule has 1 aromatic heterocycles. The largest absolute Gasteiger partial charge is 0.324 e. The molecule has 0 aliphatic heterocycles. The SMILES string of the molecule is CCN(CCc1ccncc1)C(=O)N/C=C/c1cccc(Br)c1. The number of urea groups is 1. The Morgan fingerprint density at radius 3 is 2.78 bits per heavy atom. The molecule has 0 fully saturated rings. The zero-order chi connectivity index (χ0) is 16.5. The van der Waals surface area contributed by atoms with E-state index in [0.29, 0.717) is 13.1 Å². The van der Waals surface area contributed by atoms with Gasteiger partial charge in [-0.25, -0.2) is 4.79 Å². The van der Waals surface area contributed by atoms with E-state index < -0.39 is 0 Å². The molecule has 5 heteroatoms. The number of hydrogen-bond acceptors (Lipinski definition) is 2. The molecule has 0 saturated carbocycles. The van der Waals surface area contributed by atoms with Gasteiger partial charge in [0, 0.05) is 36.2 Å². The molecular weight excluding hydrogens is 354 g/mol. The van der Waals surface area contributed by atoms with E-state index >= 15 is 0 Å². The van der Waals surface area contributed by atoms with Gasteiger partial charge in [0.1, 0.15) is 0 Å². The number of amides is 2. The monoisotopic (exact) mass is 373 g/mol. The molecule has 120 valence electrons. The van der Waals surface area contributed by atoms with Crippen LogP contribution >= 0.6 is 15.9 Å². The highest BCUT2D eigenvalue weighted by atomic mass is 79.9. The predicted octanol–water partition coefficient (Wildman–Crippen LogP) is 4.09. The highest BCUT2D eigenvalue weighted by molar-refractivity contribution is 9.10. The first kappa shape index (κ1) is 17.2. The Bertz CT molecular complexity index is 658. The van der Waals surface area contributed by atoms with E-state index in [9.17, 15) is 4.79 Å². The Morgan fingerprint density at radius 1 is 1.30 bits per heavy atom. The van der Waals surface area contributed by atoms with Crippen LogP contribution in [0.4, 0.5) is 4.79 Å². The van der Waals surface area contributed by atoms with Crippen molar-refractivity contribution in [2.24, 2.45) is 0 Å². The van der Waals surface area contributed by atoms with Gasteiger partial charge in [-0.1, -0.05) is 28.1 Å². The summed E-state index contributed by atoms with van der Waals surface area (Å²) >= 11 is 3.43. The lowest BCUT2D eigenvalue weighted by atomic mass is 10.2. The average molecular weight is 374 g/mol. The number of likely N-dealkylation sites (N-methyl/N-ethyl adjacent to an activating group) is 1. The van der Waals surface area contributed by atoms with E-state index in [2.05, 4.69) is 26.2 Å². The number of hydrogen-bond donors (Lipinski definition) is 1. The summed E-state index contributed by atoms with van der Waals surface area (Å²) in [6.07, 6.45) is 7.91. The number of rotatable bonds is 6. The second-order valence-electron chi connectivity index (χ2n) is 5.02. The van der Waals surface area contributed by atoms with Crippen molar-refractivity contribution in [3.8, 4) is 0 Å². The molecule has 2 aromatic rings. The van der Waals surface area contributed by atoms with Crippen LogP contribution in [0.1, 0.15) is 18.1 Å². The van der Waals surface area contributed by atoms with Crippen molar-refractivity contribution in [2.45, 2.75) is 13.3 Å². The third-order valence-electron chi connectivity index (χ3n) is 3.42. The van der Waals surface area contributed by atoms with Crippen molar-refractivity contribution in [3.63, 3.8) is 0 Å². The summed E-state index contributed by atoms with van der Waals surface area (Å²) < 4.78 is 1.01. The molecule has 0 spiro atoms. The van der Waals surface area contributed by atoms with Crippen molar-refractivity contribution in [2.75, 3.05) is 13.1 Å². The van der Waals surface area contributed by atoms with Crippen LogP contribution in [0.15, 0.2) is 59.5 Å². The molecule has 2 rings (SSSR count). The fourth-order valence-corrected chi connectivity index (χ4v) is 2.54. The van der Waals surface area contributed by atoms with Crippen LogP contribution < -0.4 is 5.32 Å². The molecule has 0 aliphatic rings. The van der Waals surface area contributed by atoms with Crippen LogP contribution in [0.5, 0.6) is 0 Å². The Labute approximate surface area is 145 Å². The van der Waals surface area contributed by atoms with Gasteiger partial charge in [0.15, 0.2) is 0 Å². The Morgan fingerprint density at radius 2 is 2.09 bits per heavy atom. The summed E-state index contributed by atoms with van der Waals surface area (Å²) in [5.41, 5.74) is 2.20. The third kappa shape index (κ3) is 5.87. The second-order valence-corrected chi connectivity index (χ2v) is 5.94. The molecule has 0 unspecified atom stereocenters. The molecule has 0 atom stereocenters. The minimum Gasteiger partial charge on any atom is -0.324 e. The van der Waals surface area contributed by atoms with E-state index in [1.807, 2.05) is 49.4 Å². The van der Waals surface area contributed by atoms with Crippen LogP contribution in [0.25, 0.3) is 6.08 Å². The van der Waals surface area contributed by atoms with Crippen LogP contribution in [0, 0.1) is 0 Å². The number of carbonyl (C=O) groups is 1. The first-order valence-corrected chi connectivity index (χ1v) is 8.35. The lowest BCUT2D eigenvalue weighted by molar-refractivity contribution is 0.205. The van der Waals surface area contributed by atoms with Gasteiger partial charge in [-0.15, -0.1) is 0 Å². The number of nitrogens with one attached hydrogen (secondary N) is 1. The number of carbonyl (C=O) groups excluding carboxylic acids is 1. The average Bonchev–Trinajstić information content (AvgIpc) is 2.56. The topological polar surface area (TPSA) is 45.2 Å². The van der Waals surface area contributed by atoms with Crippen LogP contribution in [-0.4, -0.2) is 29.0 Å². The standard InChI is InChI=1S/C18H20BrN3O/c1-2-22(13-9-15-6-10-20-11-7-15)18(23)21-12-8-16-4-3-5-17(19)14-16/h3-8,10-12,14H,2,9,13H2,1H3,(H,21,23)/b12-8+. The van der Waals surface area contributed by atoms with E-state index in [0.717, 1.165) is 16.5 Å².